The van der Waals surface area contributed by atoms with Crippen LogP contribution >= 0.6 is 0 Å². The Labute approximate surface area is 152 Å². The Morgan fingerprint density at radius 3 is 2.59 bits per heavy atom. The van der Waals surface area contributed by atoms with Crippen molar-refractivity contribution in [1.29, 1.82) is 0 Å². The Bertz CT molecular complexity index is 1050. The molecule has 0 spiro atoms. The first-order valence-corrected chi connectivity index (χ1v) is 8.20. The normalized spacial score (nSPS) is 18.7. The number of fused-ring (bicyclic) bond motifs is 3. The van der Waals surface area contributed by atoms with Gasteiger partial charge in [0.15, 0.2) is 11.6 Å². The van der Waals surface area contributed by atoms with Gasteiger partial charge >= 0.3 is 0 Å². The zero-order valence-electron chi connectivity index (χ0n) is 13.9. The van der Waals surface area contributed by atoms with E-state index in [2.05, 4.69) is 0 Å². The summed E-state index contributed by atoms with van der Waals surface area (Å²) in [6.45, 7) is 0.347. The maximum atomic E-state index is 14.1. The van der Waals surface area contributed by atoms with Crippen molar-refractivity contribution in [1.82, 2.24) is 0 Å². The molecule has 2 atom stereocenters. The van der Waals surface area contributed by atoms with E-state index in [1.54, 1.807) is 30.3 Å². The molecule has 0 saturated heterocycles. The number of nitrogens with two attached hydrogens (primary N) is 1. The molecule has 3 aromatic rings. The topological polar surface area (TPSA) is 61.5 Å². The molecule has 0 radical (unpaired) electrons. The van der Waals surface area contributed by atoms with Gasteiger partial charge in [0.25, 0.3) is 6.47 Å². The molecule has 3 aromatic carbocycles. The SMILES string of the molecule is NC1Cc2c(ccc3cc(OC=O)ccc23)OC1c1cc(F)c(F)cc1F. The average molecular weight is 373 g/mol. The second kappa shape index (κ2) is 6.59. The van der Waals surface area contributed by atoms with Crippen LogP contribution < -0.4 is 15.2 Å². The van der Waals surface area contributed by atoms with Crippen molar-refractivity contribution in [3.63, 3.8) is 0 Å². The van der Waals surface area contributed by atoms with Crippen molar-refractivity contribution in [2.75, 3.05) is 0 Å². The summed E-state index contributed by atoms with van der Waals surface area (Å²) < 4.78 is 51.6. The smallest absolute Gasteiger partial charge is 0.298 e. The first kappa shape index (κ1) is 17.4. The second-order valence-corrected chi connectivity index (χ2v) is 6.33. The van der Waals surface area contributed by atoms with Gasteiger partial charge < -0.3 is 15.2 Å². The predicted octanol–water partition coefficient (Wildman–Crippen LogP) is 3.80. The van der Waals surface area contributed by atoms with Crippen molar-refractivity contribution >= 4 is 17.2 Å². The van der Waals surface area contributed by atoms with E-state index in [4.69, 9.17) is 15.2 Å². The molecule has 0 aromatic heterocycles. The highest BCUT2D eigenvalue weighted by Crippen LogP contribution is 2.40. The zero-order chi connectivity index (χ0) is 19.1. The van der Waals surface area contributed by atoms with Gasteiger partial charge in [-0.3, -0.25) is 4.79 Å². The summed E-state index contributed by atoms with van der Waals surface area (Å²) in [4.78, 5) is 10.5. The number of hydrogen-bond acceptors (Lipinski definition) is 4. The fourth-order valence-corrected chi connectivity index (χ4v) is 3.42. The van der Waals surface area contributed by atoms with E-state index in [0.29, 0.717) is 30.5 Å². The summed E-state index contributed by atoms with van der Waals surface area (Å²) >= 11 is 0. The van der Waals surface area contributed by atoms with Crippen LogP contribution in [0.25, 0.3) is 10.8 Å². The Morgan fingerprint density at radius 1 is 1.04 bits per heavy atom. The second-order valence-electron chi connectivity index (χ2n) is 6.33. The third-order valence-corrected chi connectivity index (χ3v) is 4.67. The van der Waals surface area contributed by atoms with Crippen LogP contribution in [0.3, 0.4) is 0 Å². The fourth-order valence-electron chi connectivity index (χ4n) is 3.42. The van der Waals surface area contributed by atoms with E-state index >= 15 is 0 Å². The molecule has 0 aliphatic carbocycles. The molecular formula is C20H14F3NO3. The van der Waals surface area contributed by atoms with Gasteiger partial charge in [0.2, 0.25) is 0 Å². The maximum Gasteiger partial charge on any atom is 0.298 e. The number of rotatable bonds is 3. The van der Waals surface area contributed by atoms with E-state index in [9.17, 15) is 18.0 Å². The summed E-state index contributed by atoms with van der Waals surface area (Å²) in [6.07, 6.45) is -0.591. The molecule has 0 saturated carbocycles. The highest BCUT2D eigenvalue weighted by atomic mass is 19.2. The first-order valence-electron chi connectivity index (χ1n) is 8.20. The highest BCUT2D eigenvalue weighted by molar-refractivity contribution is 5.89. The number of benzene rings is 3. The van der Waals surface area contributed by atoms with E-state index < -0.39 is 29.6 Å². The molecule has 4 rings (SSSR count). The third-order valence-electron chi connectivity index (χ3n) is 4.67. The molecule has 0 fully saturated rings. The Hall–Kier alpha value is -3.06. The highest BCUT2D eigenvalue weighted by Gasteiger charge is 2.32. The summed E-state index contributed by atoms with van der Waals surface area (Å²) in [6, 6.07) is 9.20. The van der Waals surface area contributed by atoms with Gasteiger partial charge in [-0.2, -0.15) is 0 Å². The quantitative estimate of drug-likeness (QED) is 0.560. The molecule has 4 nitrogen and oxygen atoms in total. The van der Waals surface area contributed by atoms with E-state index in [1.807, 2.05) is 0 Å². The van der Waals surface area contributed by atoms with Crippen LogP contribution in [0.4, 0.5) is 13.2 Å². The maximum absolute atomic E-state index is 14.1. The van der Waals surface area contributed by atoms with Gasteiger partial charge in [-0.1, -0.05) is 12.1 Å². The third kappa shape index (κ3) is 3.00. The van der Waals surface area contributed by atoms with Crippen LogP contribution in [-0.4, -0.2) is 12.5 Å². The predicted molar refractivity (Wildman–Crippen MR) is 92.0 cm³/mol. The standard InChI is InChI=1S/C20H14F3NO3/c21-15-8-17(23)16(22)6-14(15)20-18(24)7-13-12-3-2-11(26-9-25)5-10(12)1-4-19(13)27-20/h1-6,8-9,18,20H,7,24H2. The minimum Gasteiger partial charge on any atom is -0.484 e. The van der Waals surface area contributed by atoms with Crippen LogP contribution in [0, 0.1) is 17.5 Å². The van der Waals surface area contributed by atoms with Gasteiger partial charge in [-0.25, -0.2) is 13.2 Å². The Morgan fingerprint density at radius 2 is 1.81 bits per heavy atom. The van der Waals surface area contributed by atoms with Crippen LogP contribution in [0.5, 0.6) is 11.5 Å². The van der Waals surface area contributed by atoms with E-state index in [1.165, 1.54) is 0 Å². The average Bonchev–Trinajstić information content (AvgIpc) is 2.64. The molecule has 7 heteroatoms. The lowest BCUT2D eigenvalue weighted by atomic mass is 9.90. The van der Waals surface area contributed by atoms with Crippen molar-refractivity contribution in [2.45, 2.75) is 18.6 Å². The van der Waals surface area contributed by atoms with Gasteiger partial charge in [0.1, 0.15) is 23.4 Å². The number of hydrogen-bond donors (Lipinski definition) is 1. The molecule has 1 aliphatic rings. The van der Waals surface area contributed by atoms with Crippen molar-refractivity contribution < 1.29 is 27.4 Å². The van der Waals surface area contributed by atoms with Crippen LogP contribution in [-0.2, 0) is 11.2 Å². The molecule has 1 heterocycles. The molecule has 138 valence electrons. The van der Waals surface area contributed by atoms with E-state index in [-0.39, 0.29) is 5.56 Å². The van der Waals surface area contributed by atoms with Crippen LogP contribution in [0.2, 0.25) is 0 Å². The number of carbonyl (C=O) groups is 1. The summed E-state index contributed by atoms with van der Waals surface area (Å²) in [5.74, 6) is -2.44. The molecule has 2 unspecified atom stereocenters. The monoisotopic (exact) mass is 373 g/mol. The molecule has 0 amide bonds. The van der Waals surface area contributed by atoms with Gasteiger partial charge in [-0.15, -0.1) is 0 Å². The lowest BCUT2D eigenvalue weighted by Crippen LogP contribution is -2.38. The zero-order valence-corrected chi connectivity index (χ0v) is 13.9. The summed E-state index contributed by atoms with van der Waals surface area (Å²) in [5.41, 5.74) is 6.87. The Balaban J connectivity index is 1.75. The fraction of sp³-hybridized carbons (Fsp3) is 0.150. The number of carbonyl (C=O) groups excluding carboxylic acids is 1. The van der Waals surface area contributed by atoms with E-state index in [0.717, 1.165) is 22.4 Å². The lowest BCUT2D eigenvalue weighted by molar-refractivity contribution is -0.120. The minimum atomic E-state index is -1.26. The van der Waals surface area contributed by atoms with Crippen LogP contribution in [0.15, 0.2) is 42.5 Å². The van der Waals surface area contributed by atoms with Gasteiger partial charge in [-0.05, 0) is 41.5 Å². The molecule has 27 heavy (non-hydrogen) atoms. The van der Waals surface area contributed by atoms with Crippen LogP contribution in [0.1, 0.15) is 17.2 Å². The first-order chi connectivity index (χ1) is 13.0. The molecular weight excluding hydrogens is 359 g/mol. The largest absolute Gasteiger partial charge is 0.484 e. The summed E-state index contributed by atoms with van der Waals surface area (Å²) in [7, 11) is 0. The minimum absolute atomic E-state index is 0.123. The number of ether oxygens (including phenoxy) is 2. The molecule has 1 aliphatic heterocycles. The number of halogens is 3. The lowest BCUT2D eigenvalue weighted by Gasteiger charge is -2.32. The molecule has 0 bridgehead atoms. The van der Waals surface area contributed by atoms with Crippen molar-refractivity contribution in [2.24, 2.45) is 5.73 Å². The molecule has 2 N–H and O–H groups in total. The van der Waals surface area contributed by atoms with Gasteiger partial charge in [0, 0.05) is 17.2 Å². The van der Waals surface area contributed by atoms with Crippen molar-refractivity contribution in [3.05, 3.63) is 71.0 Å². The van der Waals surface area contributed by atoms with Crippen molar-refractivity contribution in [3.8, 4) is 11.5 Å². The summed E-state index contributed by atoms with van der Waals surface area (Å²) in [5, 5.41) is 1.67. The Kier molecular flexibility index (Phi) is 4.24. The van der Waals surface area contributed by atoms with Gasteiger partial charge in [0.05, 0.1) is 6.04 Å².